The van der Waals surface area contributed by atoms with Crippen LogP contribution in [0.25, 0.3) is 0 Å². The molecule has 1 N–H and O–H groups in total. The molecule has 90 valence electrons. The van der Waals surface area contributed by atoms with E-state index >= 15 is 0 Å². The smallest absolute Gasteiger partial charge is 0.167 e. The third kappa shape index (κ3) is 2.06. The zero-order valence-electron chi connectivity index (χ0n) is 9.69. The van der Waals surface area contributed by atoms with Crippen LogP contribution in [-0.4, -0.2) is 5.78 Å². The summed E-state index contributed by atoms with van der Waals surface area (Å²) in [5.41, 5.74) is 2.86. The standard InChI is InChI=1S/C15H12BrNO/c16-11-5-3-4-10(8-11)14-9-15(18)12-6-1-2-7-13(12)17-14/h1-8,14,17H,9H2/t14-/m0/s1. The van der Waals surface area contributed by atoms with E-state index in [1.54, 1.807) is 0 Å². The minimum Gasteiger partial charge on any atom is -0.377 e. The predicted octanol–water partition coefficient (Wildman–Crippen LogP) is 4.19. The van der Waals surface area contributed by atoms with E-state index in [0.29, 0.717) is 6.42 Å². The molecule has 0 fully saturated rings. The number of benzene rings is 2. The van der Waals surface area contributed by atoms with Crippen molar-refractivity contribution in [3.05, 3.63) is 64.1 Å². The third-order valence-corrected chi connectivity index (χ3v) is 3.69. The van der Waals surface area contributed by atoms with E-state index in [1.807, 2.05) is 42.5 Å². The third-order valence-electron chi connectivity index (χ3n) is 3.20. The van der Waals surface area contributed by atoms with Crippen LogP contribution in [0.5, 0.6) is 0 Å². The van der Waals surface area contributed by atoms with Crippen molar-refractivity contribution in [1.29, 1.82) is 0 Å². The summed E-state index contributed by atoms with van der Waals surface area (Å²) in [6.07, 6.45) is 0.507. The molecule has 3 heteroatoms. The van der Waals surface area contributed by atoms with Gasteiger partial charge in [0.2, 0.25) is 0 Å². The predicted molar refractivity (Wildman–Crippen MR) is 75.9 cm³/mol. The Labute approximate surface area is 114 Å². The molecule has 3 rings (SSSR count). The maximum absolute atomic E-state index is 12.1. The molecular formula is C15H12BrNO. The number of hydrogen-bond acceptors (Lipinski definition) is 2. The summed E-state index contributed by atoms with van der Waals surface area (Å²) >= 11 is 3.46. The van der Waals surface area contributed by atoms with Gasteiger partial charge in [-0.15, -0.1) is 0 Å². The molecule has 0 unspecified atom stereocenters. The molecule has 1 heterocycles. The highest BCUT2D eigenvalue weighted by Crippen LogP contribution is 2.33. The molecule has 0 saturated heterocycles. The fraction of sp³-hybridized carbons (Fsp3) is 0.133. The number of carbonyl (C=O) groups excluding carboxylic acids is 1. The van der Waals surface area contributed by atoms with Crippen molar-refractivity contribution in [2.24, 2.45) is 0 Å². The molecule has 0 amide bonds. The van der Waals surface area contributed by atoms with E-state index in [4.69, 9.17) is 0 Å². The normalized spacial score (nSPS) is 18.1. The Morgan fingerprint density at radius 2 is 1.94 bits per heavy atom. The van der Waals surface area contributed by atoms with E-state index < -0.39 is 0 Å². The van der Waals surface area contributed by atoms with Crippen molar-refractivity contribution in [3.63, 3.8) is 0 Å². The number of halogens is 1. The minimum absolute atomic E-state index is 0.0601. The van der Waals surface area contributed by atoms with Gasteiger partial charge in [0, 0.05) is 22.1 Å². The summed E-state index contributed by atoms with van der Waals surface area (Å²) in [5, 5.41) is 3.43. The number of para-hydroxylation sites is 1. The molecule has 1 atom stereocenters. The lowest BCUT2D eigenvalue weighted by Gasteiger charge is -2.26. The Morgan fingerprint density at radius 3 is 2.78 bits per heavy atom. The lowest BCUT2D eigenvalue weighted by atomic mass is 9.92. The first-order valence-corrected chi connectivity index (χ1v) is 6.67. The van der Waals surface area contributed by atoms with Crippen LogP contribution >= 0.6 is 15.9 Å². The van der Waals surface area contributed by atoms with E-state index in [2.05, 4.69) is 27.3 Å². The van der Waals surface area contributed by atoms with Crippen LogP contribution in [-0.2, 0) is 0 Å². The number of ketones is 1. The van der Waals surface area contributed by atoms with Gasteiger partial charge in [0.25, 0.3) is 0 Å². The lowest BCUT2D eigenvalue weighted by molar-refractivity contribution is 0.0972. The molecule has 0 aliphatic carbocycles. The average Bonchev–Trinajstić information content (AvgIpc) is 2.39. The first kappa shape index (κ1) is 11.5. The zero-order chi connectivity index (χ0) is 12.5. The first-order chi connectivity index (χ1) is 8.74. The highest BCUT2D eigenvalue weighted by Gasteiger charge is 2.24. The number of anilines is 1. The quantitative estimate of drug-likeness (QED) is 0.856. The number of Topliss-reactive ketones (excluding diaryl/α,β-unsaturated/α-hetero) is 1. The maximum Gasteiger partial charge on any atom is 0.167 e. The van der Waals surface area contributed by atoms with Crippen molar-refractivity contribution in [2.75, 3.05) is 5.32 Å². The molecule has 2 aromatic carbocycles. The Kier molecular flexibility index (Phi) is 2.92. The van der Waals surface area contributed by atoms with Crippen molar-refractivity contribution < 1.29 is 4.79 Å². The van der Waals surface area contributed by atoms with Gasteiger partial charge in [0.1, 0.15) is 0 Å². The van der Waals surface area contributed by atoms with Crippen molar-refractivity contribution in [3.8, 4) is 0 Å². The summed E-state index contributed by atoms with van der Waals surface area (Å²) < 4.78 is 1.04. The fourth-order valence-corrected chi connectivity index (χ4v) is 2.73. The largest absolute Gasteiger partial charge is 0.377 e. The summed E-state index contributed by atoms with van der Waals surface area (Å²) in [4.78, 5) is 12.1. The van der Waals surface area contributed by atoms with E-state index in [0.717, 1.165) is 21.3 Å². The van der Waals surface area contributed by atoms with Gasteiger partial charge in [0.15, 0.2) is 5.78 Å². The van der Waals surface area contributed by atoms with Crippen molar-refractivity contribution in [2.45, 2.75) is 12.5 Å². The molecule has 0 spiro atoms. The molecule has 1 aliphatic rings. The maximum atomic E-state index is 12.1. The number of rotatable bonds is 1. The van der Waals surface area contributed by atoms with Gasteiger partial charge < -0.3 is 5.32 Å². The number of nitrogens with one attached hydrogen (secondary N) is 1. The highest BCUT2D eigenvalue weighted by atomic mass is 79.9. The summed E-state index contributed by atoms with van der Waals surface area (Å²) in [6.45, 7) is 0. The Balaban J connectivity index is 1.97. The second-order valence-corrected chi connectivity index (χ2v) is 5.34. The molecule has 2 nitrogen and oxygen atoms in total. The van der Waals surface area contributed by atoms with Crippen molar-refractivity contribution in [1.82, 2.24) is 0 Å². The van der Waals surface area contributed by atoms with Crippen LogP contribution < -0.4 is 5.32 Å². The lowest BCUT2D eigenvalue weighted by Crippen LogP contribution is -2.22. The van der Waals surface area contributed by atoms with Gasteiger partial charge in [-0.05, 0) is 29.8 Å². The van der Waals surface area contributed by atoms with Crippen LogP contribution in [0.3, 0.4) is 0 Å². The van der Waals surface area contributed by atoms with Crippen LogP contribution in [0.15, 0.2) is 53.0 Å². The van der Waals surface area contributed by atoms with E-state index in [1.165, 1.54) is 0 Å². The molecule has 0 radical (unpaired) electrons. The van der Waals surface area contributed by atoms with Gasteiger partial charge in [-0.1, -0.05) is 40.2 Å². The van der Waals surface area contributed by atoms with Gasteiger partial charge in [-0.2, -0.15) is 0 Å². The number of hydrogen-bond donors (Lipinski definition) is 1. The second-order valence-electron chi connectivity index (χ2n) is 4.42. The van der Waals surface area contributed by atoms with Crippen LogP contribution in [0, 0.1) is 0 Å². The molecule has 1 aliphatic heterocycles. The average molecular weight is 302 g/mol. The van der Waals surface area contributed by atoms with Crippen molar-refractivity contribution >= 4 is 27.4 Å². The van der Waals surface area contributed by atoms with Crippen LogP contribution in [0.2, 0.25) is 0 Å². The number of carbonyl (C=O) groups is 1. The molecule has 0 aromatic heterocycles. The van der Waals surface area contributed by atoms with E-state index in [-0.39, 0.29) is 11.8 Å². The van der Waals surface area contributed by atoms with Gasteiger partial charge in [0.05, 0.1) is 6.04 Å². The molecule has 0 bridgehead atoms. The molecule has 2 aromatic rings. The highest BCUT2D eigenvalue weighted by molar-refractivity contribution is 9.10. The summed E-state index contributed by atoms with van der Waals surface area (Å²) in [6, 6.07) is 15.8. The fourth-order valence-electron chi connectivity index (χ4n) is 2.31. The second kappa shape index (κ2) is 4.58. The Hall–Kier alpha value is -1.61. The van der Waals surface area contributed by atoms with Crippen LogP contribution in [0.1, 0.15) is 28.4 Å². The summed E-state index contributed by atoms with van der Waals surface area (Å²) in [7, 11) is 0. The molecule has 0 saturated carbocycles. The Bertz CT molecular complexity index is 609. The topological polar surface area (TPSA) is 29.1 Å². The van der Waals surface area contributed by atoms with E-state index in [9.17, 15) is 4.79 Å². The van der Waals surface area contributed by atoms with Gasteiger partial charge in [-0.3, -0.25) is 4.79 Å². The number of fused-ring (bicyclic) bond motifs is 1. The zero-order valence-corrected chi connectivity index (χ0v) is 11.3. The summed E-state index contributed by atoms with van der Waals surface area (Å²) in [5.74, 6) is 0.203. The van der Waals surface area contributed by atoms with Gasteiger partial charge >= 0.3 is 0 Å². The monoisotopic (exact) mass is 301 g/mol. The van der Waals surface area contributed by atoms with Crippen LogP contribution in [0.4, 0.5) is 5.69 Å². The SMILES string of the molecule is O=C1C[C@@H](c2cccc(Br)c2)Nc2ccccc21. The van der Waals surface area contributed by atoms with Gasteiger partial charge in [-0.25, -0.2) is 0 Å². The minimum atomic E-state index is 0.0601. The first-order valence-electron chi connectivity index (χ1n) is 5.88. The molecule has 18 heavy (non-hydrogen) atoms. The Morgan fingerprint density at radius 1 is 1.11 bits per heavy atom. The molecular weight excluding hydrogens is 290 g/mol.